The predicted molar refractivity (Wildman–Crippen MR) is 90.2 cm³/mol. The average molecular weight is 361 g/mol. The van der Waals surface area contributed by atoms with Gasteiger partial charge in [-0.2, -0.15) is 13.5 Å². The number of furan rings is 1. The lowest BCUT2D eigenvalue weighted by Gasteiger charge is -2.39. The van der Waals surface area contributed by atoms with Gasteiger partial charge in [-0.1, -0.05) is 18.2 Å². The molecule has 1 aromatic carbocycles. The molecule has 2 aliphatic heterocycles. The Morgan fingerprint density at radius 1 is 1.24 bits per heavy atom. The van der Waals surface area contributed by atoms with Gasteiger partial charge in [-0.25, -0.2) is 5.01 Å². The molecular formula is C15H15N5O4S. The topological polar surface area (TPSA) is 102 Å². The Hall–Kier alpha value is -2.85. The first-order valence-corrected chi connectivity index (χ1v) is 9.20. The van der Waals surface area contributed by atoms with E-state index in [4.69, 9.17) is 14.1 Å². The van der Waals surface area contributed by atoms with E-state index in [1.807, 2.05) is 24.3 Å². The first kappa shape index (κ1) is 15.7. The van der Waals surface area contributed by atoms with Gasteiger partial charge in [-0.05, 0) is 18.2 Å². The number of hydrogen-bond donors (Lipinski definition) is 1. The van der Waals surface area contributed by atoms with Crippen LogP contribution in [-0.2, 0) is 14.4 Å². The summed E-state index contributed by atoms with van der Waals surface area (Å²) in [6.45, 7) is 0. The molecule has 0 radical (unpaired) electrons. The van der Waals surface area contributed by atoms with E-state index >= 15 is 0 Å². The third-order valence-electron chi connectivity index (χ3n) is 3.93. The van der Waals surface area contributed by atoms with Crippen LogP contribution in [0.25, 0.3) is 0 Å². The van der Waals surface area contributed by atoms with Crippen LogP contribution in [0.15, 0.2) is 52.2 Å². The number of guanidine groups is 1. The van der Waals surface area contributed by atoms with E-state index < -0.39 is 16.3 Å². The van der Waals surface area contributed by atoms with Crippen LogP contribution < -0.4 is 4.90 Å². The summed E-state index contributed by atoms with van der Waals surface area (Å²) in [5, 5.41) is 15.3. The van der Waals surface area contributed by atoms with Crippen molar-refractivity contribution in [2.75, 3.05) is 18.2 Å². The van der Waals surface area contributed by atoms with Crippen molar-refractivity contribution in [3.05, 3.63) is 54.0 Å². The molecule has 10 heteroatoms. The van der Waals surface area contributed by atoms with Crippen LogP contribution in [0.2, 0.25) is 0 Å². The second-order valence-electron chi connectivity index (χ2n) is 5.67. The summed E-state index contributed by atoms with van der Waals surface area (Å²) in [6.07, 6.45) is 1.69. The summed E-state index contributed by atoms with van der Waals surface area (Å²) in [6, 6.07) is 10.7. The van der Waals surface area contributed by atoms with Crippen molar-refractivity contribution >= 4 is 27.6 Å². The number of hydrazone groups is 1. The molecule has 0 saturated carbocycles. The standard InChI is InChI=1S/C15H15N5O4S/c1-18-11-7-4-3-6-10(11)14-19(15(18)16)17-13(12-8-5-9-23-12)20(14)24-25(2,21)22/h3-9,14,16H,1-2H3. The first-order chi connectivity index (χ1) is 11.9. The number of benzene rings is 1. The Morgan fingerprint density at radius 2 is 2.00 bits per heavy atom. The highest BCUT2D eigenvalue weighted by molar-refractivity contribution is 7.85. The molecule has 1 N–H and O–H groups in total. The Bertz CT molecular complexity index is 970. The van der Waals surface area contributed by atoms with E-state index in [2.05, 4.69) is 5.10 Å². The van der Waals surface area contributed by atoms with Crippen LogP contribution in [0.5, 0.6) is 0 Å². The minimum Gasteiger partial charge on any atom is -0.461 e. The lowest BCUT2D eigenvalue weighted by atomic mass is 10.1. The lowest BCUT2D eigenvalue weighted by molar-refractivity contribution is -0.0408. The van der Waals surface area contributed by atoms with Crippen LogP contribution in [0.4, 0.5) is 5.69 Å². The van der Waals surface area contributed by atoms with E-state index in [1.54, 1.807) is 24.1 Å². The predicted octanol–water partition coefficient (Wildman–Crippen LogP) is 1.53. The van der Waals surface area contributed by atoms with Crippen LogP contribution >= 0.6 is 0 Å². The third-order valence-corrected chi connectivity index (χ3v) is 4.36. The van der Waals surface area contributed by atoms with Gasteiger partial charge in [0, 0.05) is 12.6 Å². The Morgan fingerprint density at radius 3 is 2.68 bits per heavy atom. The van der Waals surface area contributed by atoms with Crippen molar-refractivity contribution in [3.63, 3.8) is 0 Å². The molecule has 2 aliphatic rings. The molecule has 4 rings (SSSR count). The highest BCUT2D eigenvalue weighted by Crippen LogP contribution is 2.42. The summed E-state index contributed by atoms with van der Waals surface area (Å²) >= 11 is 0. The summed E-state index contributed by atoms with van der Waals surface area (Å²) in [5.41, 5.74) is 1.53. The molecule has 0 aliphatic carbocycles. The molecule has 1 unspecified atom stereocenters. The van der Waals surface area contributed by atoms with E-state index in [9.17, 15) is 8.42 Å². The van der Waals surface area contributed by atoms with Gasteiger partial charge in [0.2, 0.25) is 11.8 Å². The van der Waals surface area contributed by atoms with Crippen molar-refractivity contribution in [3.8, 4) is 0 Å². The fourth-order valence-electron chi connectivity index (χ4n) is 2.90. The Kier molecular flexibility index (Phi) is 3.34. The number of nitrogens with one attached hydrogen (secondary N) is 1. The largest absolute Gasteiger partial charge is 0.461 e. The van der Waals surface area contributed by atoms with Gasteiger partial charge >= 0.3 is 0 Å². The van der Waals surface area contributed by atoms with Crippen molar-refractivity contribution in [2.45, 2.75) is 6.17 Å². The number of fused-ring (bicyclic) bond motifs is 3. The summed E-state index contributed by atoms with van der Waals surface area (Å²) < 4.78 is 34.2. The molecule has 25 heavy (non-hydrogen) atoms. The molecule has 1 atom stereocenters. The minimum absolute atomic E-state index is 0.0901. The number of amidine groups is 1. The lowest BCUT2D eigenvalue weighted by Crippen LogP contribution is -2.48. The minimum atomic E-state index is -3.82. The zero-order valence-electron chi connectivity index (χ0n) is 13.4. The fourth-order valence-corrected chi connectivity index (χ4v) is 3.35. The molecule has 0 fully saturated rings. The van der Waals surface area contributed by atoms with Crippen LogP contribution in [0.1, 0.15) is 17.5 Å². The summed E-state index contributed by atoms with van der Waals surface area (Å²) in [4.78, 5) is 1.67. The second kappa shape index (κ2) is 5.33. The van der Waals surface area contributed by atoms with Gasteiger partial charge in [0.15, 0.2) is 11.9 Å². The zero-order valence-corrected chi connectivity index (χ0v) is 14.3. The van der Waals surface area contributed by atoms with Gasteiger partial charge in [0.05, 0.1) is 18.2 Å². The number of para-hydroxylation sites is 1. The van der Waals surface area contributed by atoms with Crippen molar-refractivity contribution in [1.82, 2.24) is 10.1 Å². The fraction of sp³-hybridized carbons (Fsp3) is 0.200. The van der Waals surface area contributed by atoms with Gasteiger partial charge in [-0.3, -0.25) is 5.41 Å². The molecule has 0 spiro atoms. The van der Waals surface area contributed by atoms with Crippen LogP contribution in [0, 0.1) is 5.41 Å². The van der Waals surface area contributed by atoms with E-state index in [-0.39, 0.29) is 11.8 Å². The Labute approximate surface area is 144 Å². The Balaban J connectivity index is 1.89. The maximum atomic E-state index is 11.8. The molecule has 3 heterocycles. The third kappa shape index (κ3) is 2.46. The monoisotopic (exact) mass is 361 g/mol. The van der Waals surface area contributed by atoms with Crippen molar-refractivity contribution in [2.24, 2.45) is 5.10 Å². The molecule has 9 nitrogen and oxygen atoms in total. The van der Waals surface area contributed by atoms with Gasteiger partial charge < -0.3 is 9.32 Å². The van der Waals surface area contributed by atoms with Gasteiger partial charge in [-0.15, -0.1) is 9.39 Å². The van der Waals surface area contributed by atoms with Crippen molar-refractivity contribution < 1.29 is 17.1 Å². The first-order valence-electron chi connectivity index (χ1n) is 7.38. The smallest absolute Gasteiger partial charge is 0.285 e. The average Bonchev–Trinajstić information content (AvgIpc) is 3.19. The highest BCUT2D eigenvalue weighted by Gasteiger charge is 2.47. The quantitative estimate of drug-likeness (QED) is 0.884. The highest BCUT2D eigenvalue weighted by atomic mass is 32.2. The number of nitrogens with zero attached hydrogens (tertiary/aromatic N) is 4. The van der Waals surface area contributed by atoms with Crippen LogP contribution in [0.3, 0.4) is 0 Å². The number of hydrogen-bond acceptors (Lipinski definition) is 7. The number of rotatable bonds is 3. The maximum Gasteiger partial charge on any atom is 0.285 e. The summed E-state index contributed by atoms with van der Waals surface area (Å²) in [5.74, 6) is 0.605. The molecule has 0 bridgehead atoms. The van der Waals surface area contributed by atoms with E-state index in [0.717, 1.165) is 22.6 Å². The number of hydroxylamine groups is 2. The molecule has 1 aromatic heterocycles. The second-order valence-corrected chi connectivity index (χ2v) is 7.22. The number of anilines is 1. The molecule has 2 aromatic rings. The van der Waals surface area contributed by atoms with E-state index in [1.165, 1.54) is 11.3 Å². The van der Waals surface area contributed by atoms with Crippen LogP contribution in [-0.4, -0.2) is 43.6 Å². The summed E-state index contributed by atoms with van der Waals surface area (Å²) in [7, 11) is -2.07. The van der Waals surface area contributed by atoms with Crippen molar-refractivity contribution in [1.29, 1.82) is 5.41 Å². The van der Waals surface area contributed by atoms with E-state index in [0.29, 0.717) is 5.76 Å². The normalized spacial score (nSPS) is 19.8. The molecule has 0 amide bonds. The zero-order chi connectivity index (χ0) is 17.8. The van der Waals surface area contributed by atoms with Gasteiger partial charge in [0.1, 0.15) is 0 Å². The molecular weight excluding hydrogens is 346 g/mol. The SMILES string of the molecule is CN1C(=N)N2N=C(c3ccco3)N(OS(C)(=O)=O)C2c2ccccc21. The van der Waals surface area contributed by atoms with Gasteiger partial charge in [0.25, 0.3) is 10.1 Å². The maximum absolute atomic E-state index is 11.8. The molecule has 130 valence electrons. The molecule has 0 saturated heterocycles.